The molecule has 2 N–H and O–H groups in total. The van der Waals surface area contributed by atoms with Gasteiger partial charge in [0.05, 0.1) is 0 Å². The van der Waals surface area contributed by atoms with E-state index in [9.17, 15) is 13.2 Å². The number of nitrogens with one attached hydrogen (secondary N) is 2. The van der Waals surface area contributed by atoms with E-state index >= 15 is 0 Å². The Balaban J connectivity index is 2.13. The van der Waals surface area contributed by atoms with Crippen LogP contribution in [0.4, 0.5) is 24.9 Å². The summed E-state index contributed by atoms with van der Waals surface area (Å²) in [6.45, 7) is 1.40. The van der Waals surface area contributed by atoms with E-state index in [0.717, 1.165) is 11.6 Å². The molecule has 2 aromatic rings. The first-order valence-electron chi connectivity index (χ1n) is 7.57. The lowest BCUT2D eigenvalue weighted by Crippen LogP contribution is -2.22. The van der Waals surface area contributed by atoms with Gasteiger partial charge >= 0.3 is 6.18 Å². The van der Waals surface area contributed by atoms with Gasteiger partial charge in [0.1, 0.15) is 5.82 Å². The van der Waals surface area contributed by atoms with Crippen molar-refractivity contribution < 1.29 is 13.2 Å². The molecular formula is C16H19ClF3N5. The van der Waals surface area contributed by atoms with Gasteiger partial charge in [0.25, 0.3) is 0 Å². The molecule has 0 aliphatic heterocycles. The molecule has 0 bridgehead atoms. The number of anilines is 2. The summed E-state index contributed by atoms with van der Waals surface area (Å²) >= 11 is 5.81. The van der Waals surface area contributed by atoms with E-state index in [1.165, 1.54) is 0 Å². The van der Waals surface area contributed by atoms with Crippen molar-refractivity contribution in [1.82, 2.24) is 14.9 Å². The highest BCUT2D eigenvalue weighted by molar-refractivity contribution is 6.30. The number of likely N-dealkylation sites (N-methyl/N-ethyl adjacent to an activating group) is 1. The summed E-state index contributed by atoms with van der Waals surface area (Å²) in [6, 6.07) is 7.91. The van der Waals surface area contributed by atoms with Crippen LogP contribution in [0.15, 0.2) is 30.3 Å². The summed E-state index contributed by atoms with van der Waals surface area (Å²) in [5.41, 5.74) is -0.118. The zero-order valence-electron chi connectivity index (χ0n) is 13.9. The Morgan fingerprint density at radius 3 is 2.36 bits per heavy atom. The van der Waals surface area contributed by atoms with Crippen molar-refractivity contribution in [1.29, 1.82) is 0 Å². The third kappa shape index (κ3) is 6.39. The van der Waals surface area contributed by atoms with Gasteiger partial charge in [0.2, 0.25) is 5.95 Å². The number of halogens is 4. The molecule has 1 aromatic carbocycles. The van der Waals surface area contributed by atoms with Crippen molar-refractivity contribution >= 4 is 23.4 Å². The molecule has 5 nitrogen and oxygen atoms in total. The third-order valence-electron chi connectivity index (χ3n) is 3.25. The maximum atomic E-state index is 13.0. The molecule has 0 aliphatic carbocycles. The van der Waals surface area contributed by atoms with Crippen LogP contribution in [0.5, 0.6) is 0 Å². The molecule has 0 atom stereocenters. The molecule has 0 saturated heterocycles. The molecule has 0 amide bonds. The summed E-state index contributed by atoms with van der Waals surface area (Å²) in [7, 11) is 3.74. The average Bonchev–Trinajstić information content (AvgIpc) is 2.53. The smallest absolute Gasteiger partial charge is 0.366 e. The van der Waals surface area contributed by atoms with Crippen LogP contribution in [0.25, 0.3) is 0 Å². The summed E-state index contributed by atoms with van der Waals surface area (Å²) < 4.78 is 39.1. The van der Waals surface area contributed by atoms with Gasteiger partial charge in [0, 0.05) is 30.7 Å². The van der Waals surface area contributed by atoms with E-state index in [1.54, 1.807) is 24.3 Å². The normalized spacial score (nSPS) is 11.6. The second-order valence-corrected chi connectivity index (χ2v) is 6.11. The Bertz CT molecular complexity index is 689. The van der Waals surface area contributed by atoms with Crippen LogP contribution in [-0.2, 0) is 12.7 Å². The van der Waals surface area contributed by atoms with Crippen LogP contribution < -0.4 is 10.6 Å². The summed E-state index contributed by atoms with van der Waals surface area (Å²) in [5, 5.41) is 6.30. The van der Waals surface area contributed by atoms with Crippen LogP contribution in [0.3, 0.4) is 0 Å². The van der Waals surface area contributed by atoms with Crippen molar-refractivity contribution in [3.8, 4) is 0 Å². The number of hydrogen-bond acceptors (Lipinski definition) is 5. The van der Waals surface area contributed by atoms with Gasteiger partial charge in [-0.15, -0.1) is 0 Å². The van der Waals surface area contributed by atoms with Crippen molar-refractivity contribution in [3.05, 3.63) is 46.6 Å². The van der Waals surface area contributed by atoms with Gasteiger partial charge in [-0.25, -0.2) is 4.98 Å². The quantitative estimate of drug-likeness (QED) is 0.774. The monoisotopic (exact) mass is 373 g/mol. The van der Waals surface area contributed by atoms with E-state index in [1.807, 2.05) is 19.0 Å². The van der Waals surface area contributed by atoms with E-state index in [2.05, 4.69) is 20.6 Å². The second-order valence-electron chi connectivity index (χ2n) is 5.67. The number of alkyl halides is 3. The number of hydrogen-bond donors (Lipinski definition) is 2. The standard InChI is InChI=1S/C16H19ClF3N5/c1-25(2)8-7-21-15-23-13(16(18,19)20)9-14(24-15)22-10-11-3-5-12(17)6-4-11/h3-6,9H,7-8,10H2,1-2H3,(H2,21,22,23,24). The molecule has 1 heterocycles. The number of aromatic nitrogens is 2. The highest BCUT2D eigenvalue weighted by atomic mass is 35.5. The molecule has 0 fully saturated rings. The minimum atomic E-state index is -4.54. The van der Waals surface area contributed by atoms with Gasteiger partial charge in [-0.2, -0.15) is 18.2 Å². The first kappa shape index (κ1) is 19.3. The number of rotatable bonds is 7. The van der Waals surface area contributed by atoms with Gasteiger partial charge in [-0.05, 0) is 31.8 Å². The van der Waals surface area contributed by atoms with Crippen molar-refractivity contribution in [2.75, 3.05) is 37.8 Å². The summed E-state index contributed by atoms with van der Waals surface area (Å²) in [5.74, 6) is 0.0416. The van der Waals surface area contributed by atoms with Crippen LogP contribution >= 0.6 is 11.6 Å². The molecule has 9 heteroatoms. The topological polar surface area (TPSA) is 53.1 Å². The SMILES string of the molecule is CN(C)CCNc1nc(NCc2ccc(Cl)cc2)cc(C(F)(F)F)n1. The molecule has 0 spiro atoms. The average molecular weight is 374 g/mol. The van der Waals surface area contributed by atoms with Crippen molar-refractivity contribution in [2.24, 2.45) is 0 Å². The van der Waals surface area contributed by atoms with Gasteiger partial charge in [0.15, 0.2) is 5.69 Å². The zero-order valence-corrected chi connectivity index (χ0v) is 14.6. The second kappa shape index (κ2) is 8.35. The van der Waals surface area contributed by atoms with E-state index < -0.39 is 11.9 Å². The Morgan fingerprint density at radius 2 is 1.76 bits per heavy atom. The number of nitrogens with zero attached hydrogens (tertiary/aromatic N) is 3. The summed E-state index contributed by atoms with van der Waals surface area (Å²) in [6.07, 6.45) is -4.54. The van der Waals surface area contributed by atoms with Crippen LogP contribution in [0.2, 0.25) is 5.02 Å². The molecular weight excluding hydrogens is 355 g/mol. The van der Waals surface area contributed by atoms with E-state index in [0.29, 0.717) is 24.7 Å². The van der Waals surface area contributed by atoms with E-state index in [4.69, 9.17) is 11.6 Å². The van der Waals surface area contributed by atoms with E-state index in [-0.39, 0.29) is 11.8 Å². The van der Waals surface area contributed by atoms with Crippen LogP contribution in [0.1, 0.15) is 11.3 Å². The fourth-order valence-electron chi connectivity index (χ4n) is 1.95. The first-order valence-corrected chi connectivity index (χ1v) is 7.95. The highest BCUT2D eigenvalue weighted by Gasteiger charge is 2.33. The lowest BCUT2D eigenvalue weighted by atomic mass is 10.2. The number of benzene rings is 1. The lowest BCUT2D eigenvalue weighted by Gasteiger charge is -2.14. The van der Waals surface area contributed by atoms with Crippen LogP contribution in [0, 0.1) is 0 Å². The maximum Gasteiger partial charge on any atom is 0.433 e. The lowest BCUT2D eigenvalue weighted by molar-refractivity contribution is -0.141. The van der Waals surface area contributed by atoms with Gasteiger partial charge in [-0.1, -0.05) is 23.7 Å². The molecule has 0 saturated carbocycles. The minimum Gasteiger partial charge on any atom is -0.366 e. The molecule has 1 aromatic heterocycles. The first-order chi connectivity index (χ1) is 11.7. The Labute approximate surface area is 149 Å². The van der Waals surface area contributed by atoms with Gasteiger partial charge in [-0.3, -0.25) is 0 Å². The molecule has 0 aliphatic rings. The Kier molecular flexibility index (Phi) is 6.44. The van der Waals surface area contributed by atoms with Crippen LogP contribution in [-0.4, -0.2) is 42.1 Å². The molecule has 0 unspecified atom stereocenters. The fraction of sp³-hybridized carbons (Fsp3) is 0.375. The Morgan fingerprint density at radius 1 is 1.08 bits per heavy atom. The predicted octanol–water partition coefficient (Wildman–Crippen LogP) is 3.73. The highest BCUT2D eigenvalue weighted by Crippen LogP contribution is 2.29. The van der Waals surface area contributed by atoms with Crippen molar-refractivity contribution in [2.45, 2.75) is 12.7 Å². The molecule has 2 rings (SSSR count). The Hall–Kier alpha value is -2.06. The largest absolute Gasteiger partial charge is 0.433 e. The third-order valence-corrected chi connectivity index (χ3v) is 3.50. The fourth-order valence-corrected chi connectivity index (χ4v) is 2.07. The molecule has 0 radical (unpaired) electrons. The van der Waals surface area contributed by atoms with Crippen molar-refractivity contribution in [3.63, 3.8) is 0 Å². The van der Waals surface area contributed by atoms with Gasteiger partial charge < -0.3 is 15.5 Å². The molecule has 25 heavy (non-hydrogen) atoms. The predicted molar refractivity (Wildman–Crippen MR) is 92.9 cm³/mol. The summed E-state index contributed by atoms with van der Waals surface area (Å²) in [4.78, 5) is 9.55. The zero-order chi connectivity index (χ0) is 18.4. The minimum absolute atomic E-state index is 0.0599. The molecule has 136 valence electrons. The maximum absolute atomic E-state index is 13.0.